The fourth-order valence-corrected chi connectivity index (χ4v) is 2.29. The molecule has 0 aromatic heterocycles. The maximum atomic E-state index is 4.01. The molecule has 0 fully saturated rings. The van der Waals surface area contributed by atoms with Gasteiger partial charge in [0.2, 0.25) is 0 Å². The Kier molecular flexibility index (Phi) is 4.35. The van der Waals surface area contributed by atoms with E-state index < -0.39 is 0 Å². The lowest BCUT2D eigenvalue weighted by molar-refractivity contribution is 0.712. The summed E-state index contributed by atoms with van der Waals surface area (Å²) in [4.78, 5) is 0. The molecule has 2 aromatic carbocycles. The number of rotatable bonds is 5. The molecule has 0 spiro atoms. The number of benzene rings is 2. The summed E-state index contributed by atoms with van der Waals surface area (Å²) in [7, 11) is 0. The zero-order valence-electron chi connectivity index (χ0n) is 11.0. The van der Waals surface area contributed by atoms with Gasteiger partial charge in [0.1, 0.15) is 0 Å². The van der Waals surface area contributed by atoms with Crippen molar-refractivity contribution in [2.45, 2.75) is 25.7 Å². The van der Waals surface area contributed by atoms with Crippen molar-refractivity contribution in [1.29, 1.82) is 0 Å². The normalized spacial score (nSPS) is 10.6. The average Bonchev–Trinajstić information content (AvgIpc) is 2.41. The van der Waals surface area contributed by atoms with Crippen LogP contribution < -0.4 is 0 Å². The fraction of sp³-hybridized carbons (Fsp3) is 0.222. The van der Waals surface area contributed by atoms with Crippen LogP contribution in [-0.2, 0) is 0 Å². The van der Waals surface area contributed by atoms with Crippen molar-refractivity contribution < 1.29 is 0 Å². The first-order chi connectivity index (χ1) is 8.77. The lowest BCUT2D eigenvalue weighted by Gasteiger charge is -2.18. The highest BCUT2D eigenvalue weighted by Crippen LogP contribution is 2.29. The van der Waals surface area contributed by atoms with Gasteiger partial charge in [0, 0.05) is 5.92 Å². The summed E-state index contributed by atoms with van der Waals surface area (Å²) < 4.78 is 0. The Bertz CT molecular complexity index is 442. The van der Waals surface area contributed by atoms with E-state index in [1.165, 1.54) is 16.7 Å². The molecule has 2 aromatic rings. The van der Waals surface area contributed by atoms with Crippen molar-refractivity contribution >= 4 is 0 Å². The minimum atomic E-state index is 0.476. The van der Waals surface area contributed by atoms with Crippen molar-refractivity contribution in [3.05, 3.63) is 83.9 Å². The van der Waals surface area contributed by atoms with Gasteiger partial charge in [-0.25, -0.2) is 0 Å². The number of allylic oxidation sites excluding steroid dienone is 1. The molecule has 0 heteroatoms. The van der Waals surface area contributed by atoms with E-state index in [9.17, 15) is 0 Å². The molecule has 0 saturated carbocycles. The van der Waals surface area contributed by atoms with Crippen LogP contribution in [0.2, 0.25) is 0 Å². The van der Waals surface area contributed by atoms with E-state index in [2.05, 4.69) is 74.2 Å². The van der Waals surface area contributed by atoms with E-state index >= 15 is 0 Å². The van der Waals surface area contributed by atoms with Crippen LogP contribution in [-0.4, -0.2) is 0 Å². The second-order valence-corrected chi connectivity index (χ2v) is 4.87. The van der Waals surface area contributed by atoms with Gasteiger partial charge in [0.05, 0.1) is 0 Å². The zero-order chi connectivity index (χ0) is 12.8. The monoisotopic (exact) mass is 236 g/mol. The molecule has 0 heterocycles. The van der Waals surface area contributed by atoms with E-state index in [1.54, 1.807) is 0 Å². The fourth-order valence-electron chi connectivity index (χ4n) is 2.29. The highest BCUT2D eigenvalue weighted by molar-refractivity contribution is 5.32. The summed E-state index contributed by atoms with van der Waals surface area (Å²) in [5.74, 6) is 0.476. The molecule has 0 saturated heterocycles. The molecule has 0 radical (unpaired) electrons. The van der Waals surface area contributed by atoms with Crippen LogP contribution in [0.1, 0.15) is 36.8 Å². The number of hydrogen-bond donors (Lipinski definition) is 0. The van der Waals surface area contributed by atoms with Gasteiger partial charge in [-0.3, -0.25) is 0 Å². The Morgan fingerprint density at radius 1 is 0.889 bits per heavy atom. The Hall–Kier alpha value is -1.82. The van der Waals surface area contributed by atoms with E-state index in [0.717, 1.165) is 12.8 Å². The minimum Gasteiger partial charge on any atom is -0.100 e. The third-order valence-electron chi connectivity index (χ3n) is 3.26. The molecule has 0 N–H and O–H groups in total. The maximum Gasteiger partial charge on any atom is 0.00923 e. The van der Waals surface area contributed by atoms with Gasteiger partial charge in [0.15, 0.2) is 0 Å². The molecule has 92 valence electrons. The summed E-state index contributed by atoms with van der Waals surface area (Å²) >= 11 is 0. The summed E-state index contributed by atoms with van der Waals surface area (Å²) in [5.41, 5.74) is 4.04. The minimum absolute atomic E-state index is 0.476. The molecular weight excluding hydrogens is 216 g/mol. The first kappa shape index (κ1) is 12.6. The molecule has 18 heavy (non-hydrogen) atoms. The van der Waals surface area contributed by atoms with Crippen LogP contribution in [0, 0.1) is 0 Å². The van der Waals surface area contributed by atoms with E-state index in [0.29, 0.717) is 5.92 Å². The predicted octanol–water partition coefficient (Wildman–Crippen LogP) is 5.17. The quantitative estimate of drug-likeness (QED) is 0.628. The second-order valence-electron chi connectivity index (χ2n) is 4.87. The topological polar surface area (TPSA) is 0 Å². The molecule has 0 aliphatic carbocycles. The Morgan fingerprint density at radius 3 is 1.72 bits per heavy atom. The number of hydrogen-bond acceptors (Lipinski definition) is 0. The molecule has 0 nitrogen and oxygen atoms in total. The average molecular weight is 236 g/mol. The van der Waals surface area contributed by atoms with E-state index in [1.807, 2.05) is 0 Å². The van der Waals surface area contributed by atoms with Gasteiger partial charge in [-0.05, 0) is 30.9 Å². The standard InChI is InChI=1S/C18H20/c1-15(2)13-14-18(16-9-5-3-6-10-16)17-11-7-4-8-12-17/h3-12,18H,1,13-14H2,2H3. The van der Waals surface area contributed by atoms with Crippen molar-refractivity contribution in [2.75, 3.05) is 0 Å². The Balaban J connectivity index is 2.26. The molecule has 0 unspecified atom stereocenters. The third-order valence-corrected chi connectivity index (χ3v) is 3.26. The highest BCUT2D eigenvalue weighted by Gasteiger charge is 2.13. The smallest absolute Gasteiger partial charge is 0.00923 e. The molecule has 0 aliphatic heterocycles. The van der Waals surface area contributed by atoms with Crippen LogP contribution in [0.25, 0.3) is 0 Å². The predicted molar refractivity (Wildman–Crippen MR) is 78.8 cm³/mol. The zero-order valence-corrected chi connectivity index (χ0v) is 11.0. The molecule has 0 amide bonds. The Labute approximate surface area is 110 Å². The van der Waals surface area contributed by atoms with Crippen LogP contribution in [0.15, 0.2) is 72.8 Å². The highest BCUT2D eigenvalue weighted by atomic mass is 14.2. The lowest BCUT2D eigenvalue weighted by Crippen LogP contribution is -2.01. The largest absolute Gasteiger partial charge is 0.100 e. The molecule has 0 aliphatic rings. The van der Waals surface area contributed by atoms with Gasteiger partial charge < -0.3 is 0 Å². The SMILES string of the molecule is C=C(C)CCC(c1ccccc1)c1ccccc1. The molecule has 0 atom stereocenters. The molecule has 2 rings (SSSR count). The summed E-state index contributed by atoms with van der Waals surface area (Å²) in [6.07, 6.45) is 2.21. The van der Waals surface area contributed by atoms with Crippen molar-refractivity contribution in [3.8, 4) is 0 Å². The molecular formula is C18H20. The van der Waals surface area contributed by atoms with Gasteiger partial charge in [-0.15, -0.1) is 6.58 Å². The van der Waals surface area contributed by atoms with Crippen molar-refractivity contribution in [2.24, 2.45) is 0 Å². The lowest BCUT2D eigenvalue weighted by atomic mass is 9.87. The van der Waals surface area contributed by atoms with Crippen molar-refractivity contribution in [1.82, 2.24) is 0 Å². The van der Waals surface area contributed by atoms with Crippen molar-refractivity contribution in [3.63, 3.8) is 0 Å². The summed E-state index contributed by atoms with van der Waals surface area (Å²) in [5, 5.41) is 0. The van der Waals surface area contributed by atoms with Gasteiger partial charge in [0.25, 0.3) is 0 Å². The van der Waals surface area contributed by atoms with Crippen LogP contribution in [0.4, 0.5) is 0 Å². The summed E-state index contributed by atoms with van der Waals surface area (Å²) in [6.45, 7) is 6.12. The first-order valence-electron chi connectivity index (χ1n) is 6.51. The summed E-state index contributed by atoms with van der Waals surface area (Å²) in [6, 6.07) is 21.5. The third kappa shape index (κ3) is 3.33. The van der Waals surface area contributed by atoms with E-state index in [4.69, 9.17) is 0 Å². The Morgan fingerprint density at radius 2 is 1.33 bits per heavy atom. The van der Waals surface area contributed by atoms with Crippen LogP contribution >= 0.6 is 0 Å². The van der Waals surface area contributed by atoms with Crippen LogP contribution in [0.5, 0.6) is 0 Å². The van der Waals surface area contributed by atoms with E-state index in [-0.39, 0.29) is 0 Å². The second kappa shape index (κ2) is 6.20. The van der Waals surface area contributed by atoms with Gasteiger partial charge in [-0.2, -0.15) is 0 Å². The maximum absolute atomic E-state index is 4.01. The van der Waals surface area contributed by atoms with Gasteiger partial charge >= 0.3 is 0 Å². The van der Waals surface area contributed by atoms with Gasteiger partial charge in [-0.1, -0.05) is 66.2 Å². The molecule has 0 bridgehead atoms. The van der Waals surface area contributed by atoms with Crippen LogP contribution in [0.3, 0.4) is 0 Å². The first-order valence-corrected chi connectivity index (χ1v) is 6.51.